The molecule has 3 nitrogen and oxygen atoms in total. The normalized spacial score (nSPS) is 9.42. The van der Waals surface area contributed by atoms with E-state index in [4.69, 9.17) is 4.74 Å². The van der Waals surface area contributed by atoms with E-state index in [2.05, 4.69) is 0 Å². The molecule has 0 bridgehead atoms. The van der Waals surface area contributed by atoms with Crippen LogP contribution in [-0.4, -0.2) is 12.6 Å². The second kappa shape index (κ2) is 3.76. The van der Waals surface area contributed by atoms with Gasteiger partial charge in [0.25, 0.3) is 0 Å². The Morgan fingerprint density at radius 2 is 2.00 bits per heavy atom. The molecule has 1 aromatic carbocycles. The third-order valence-corrected chi connectivity index (χ3v) is 1.37. The molecule has 0 radical (unpaired) electrons. The van der Waals surface area contributed by atoms with E-state index in [1.165, 1.54) is 24.3 Å². The molecule has 12 heavy (non-hydrogen) atoms. The van der Waals surface area contributed by atoms with Crippen LogP contribution in [0.3, 0.4) is 0 Å². The van der Waals surface area contributed by atoms with Crippen molar-refractivity contribution in [2.75, 3.05) is 6.61 Å². The van der Waals surface area contributed by atoms with Crippen molar-refractivity contribution in [1.29, 1.82) is 0 Å². The summed E-state index contributed by atoms with van der Waals surface area (Å²) >= 11 is 0. The lowest BCUT2D eigenvalue weighted by Gasteiger charge is -2.05. The van der Waals surface area contributed by atoms with Crippen LogP contribution in [0.25, 0.3) is 0 Å². The van der Waals surface area contributed by atoms with Crippen molar-refractivity contribution in [3.05, 3.63) is 29.8 Å². The van der Waals surface area contributed by atoms with E-state index >= 15 is 0 Å². The first-order chi connectivity index (χ1) is 5.74. The fourth-order valence-electron chi connectivity index (χ4n) is 0.805. The number of hydrogen-bond acceptors (Lipinski definition) is 3. The summed E-state index contributed by atoms with van der Waals surface area (Å²) in [5.74, 6) is -0.499. The van der Waals surface area contributed by atoms with Gasteiger partial charge in [-0.1, -0.05) is 12.1 Å². The molecule has 0 aromatic heterocycles. The first-order valence-corrected chi connectivity index (χ1v) is 3.68. The summed E-state index contributed by atoms with van der Waals surface area (Å²) in [6, 6.07) is 5.60. The zero-order valence-electron chi connectivity index (χ0n) is 6.74. The van der Waals surface area contributed by atoms with E-state index in [1.807, 2.05) is 0 Å². The molecule has 0 N–H and O–H groups in total. The van der Waals surface area contributed by atoms with Crippen molar-refractivity contribution in [3.8, 4) is 5.75 Å². The average Bonchev–Trinajstić information content (AvgIpc) is 2.06. The van der Waals surface area contributed by atoms with Crippen molar-refractivity contribution in [1.82, 2.24) is 0 Å². The maximum Gasteiger partial charge on any atom is 0.338 e. The summed E-state index contributed by atoms with van der Waals surface area (Å²) < 4.78 is 4.73. The predicted molar refractivity (Wildman–Crippen MR) is 41.8 cm³/mol. The molecule has 1 aromatic rings. The van der Waals surface area contributed by atoms with Crippen molar-refractivity contribution in [2.24, 2.45) is 0 Å². The third-order valence-electron chi connectivity index (χ3n) is 1.37. The van der Waals surface area contributed by atoms with Crippen LogP contribution in [0.5, 0.6) is 5.75 Å². The van der Waals surface area contributed by atoms with E-state index in [0.29, 0.717) is 12.2 Å². The van der Waals surface area contributed by atoms with Crippen LogP contribution in [-0.2, 0) is 4.74 Å². The number of carbonyl (C=O) groups excluding carboxylic acids is 1. The van der Waals surface area contributed by atoms with Gasteiger partial charge in [0.05, 0.1) is 12.2 Å². The molecular formula is C9H9O3-. The smallest absolute Gasteiger partial charge is 0.338 e. The van der Waals surface area contributed by atoms with Crippen molar-refractivity contribution < 1.29 is 14.6 Å². The highest BCUT2D eigenvalue weighted by atomic mass is 16.5. The molecule has 1 rings (SSSR count). The fraction of sp³-hybridized carbons (Fsp3) is 0.222. The van der Waals surface area contributed by atoms with E-state index in [9.17, 15) is 9.90 Å². The van der Waals surface area contributed by atoms with Crippen molar-refractivity contribution in [3.63, 3.8) is 0 Å². The zero-order chi connectivity index (χ0) is 8.97. The number of esters is 1. The third kappa shape index (κ3) is 1.99. The molecule has 0 atom stereocenters. The lowest BCUT2D eigenvalue weighted by Crippen LogP contribution is -2.04. The Labute approximate surface area is 70.6 Å². The number of carbonyl (C=O) groups is 1. The summed E-state index contributed by atoms with van der Waals surface area (Å²) in [7, 11) is 0. The van der Waals surface area contributed by atoms with Gasteiger partial charge in [-0.2, -0.15) is 0 Å². The van der Waals surface area contributed by atoms with Crippen LogP contribution < -0.4 is 5.11 Å². The largest absolute Gasteiger partial charge is 0.872 e. The van der Waals surface area contributed by atoms with Crippen LogP contribution in [0.2, 0.25) is 0 Å². The molecule has 0 fully saturated rings. The van der Waals surface area contributed by atoms with E-state index < -0.39 is 5.97 Å². The second-order valence-corrected chi connectivity index (χ2v) is 2.24. The first-order valence-electron chi connectivity index (χ1n) is 3.68. The van der Waals surface area contributed by atoms with E-state index in [0.717, 1.165) is 0 Å². The van der Waals surface area contributed by atoms with Gasteiger partial charge in [-0.05, 0) is 19.1 Å². The Bertz CT molecular complexity index is 264. The number of rotatable bonds is 2. The highest BCUT2D eigenvalue weighted by Gasteiger charge is 2.02. The minimum atomic E-state index is -0.391. The number of benzene rings is 1. The molecule has 0 saturated carbocycles. The van der Waals surface area contributed by atoms with Crippen molar-refractivity contribution >= 4 is 5.97 Å². The summed E-state index contributed by atoms with van der Waals surface area (Å²) in [6.07, 6.45) is 0. The van der Waals surface area contributed by atoms with Gasteiger partial charge < -0.3 is 9.84 Å². The SMILES string of the molecule is CCOC(=O)c1ccc([O-])cc1. The molecule has 3 heteroatoms. The average molecular weight is 165 g/mol. The van der Waals surface area contributed by atoms with Crippen LogP contribution in [0, 0.1) is 0 Å². The van der Waals surface area contributed by atoms with Crippen LogP contribution >= 0.6 is 0 Å². The summed E-state index contributed by atoms with van der Waals surface area (Å²) in [4.78, 5) is 11.0. The summed E-state index contributed by atoms with van der Waals surface area (Å²) in [5, 5.41) is 10.7. The van der Waals surface area contributed by atoms with Crippen LogP contribution in [0.1, 0.15) is 17.3 Å². The molecule has 0 unspecified atom stereocenters. The minimum Gasteiger partial charge on any atom is -0.872 e. The molecule has 0 amide bonds. The van der Waals surface area contributed by atoms with Gasteiger partial charge in [0.2, 0.25) is 0 Å². The standard InChI is InChI=1S/C9H10O3/c1-2-12-9(11)7-3-5-8(10)6-4-7/h3-6,10H,2H2,1H3/p-1. The Hall–Kier alpha value is -1.51. The Morgan fingerprint density at radius 3 is 2.50 bits per heavy atom. The van der Waals surface area contributed by atoms with E-state index in [1.54, 1.807) is 6.92 Å². The lowest BCUT2D eigenvalue weighted by atomic mass is 10.2. The van der Waals surface area contributed by atoms with Gasteiger partial charge in [0.1, 0.15) is 0 Å². The quantitative estimate of drug-likeness (QED) is 0.612. The Kier molecular flexibility index (Phi) is 2.69. The number of ether oxygens (including phenoxy) is 1. The van der Waals surface area contributed by atoms with Gasteiger partial charge in [-0.3, -0.25) is 0 Å². The Morgan fingerprint density at radius 1 is 1.42 bits per heavy atom. The van der Waals surface area contributed by atoms with Gasteiger partial charge in [-0.25, -0.2) is 4.79 Å². The van der Waals surface area contributed by atoms with Gasteiger partial charge >= 0.3 is 5.97 Å². The van der Waals surface area contributed by atoms with Gasteiger partial charge in [0, 0.05) is 0 Å². The second-order valence-electron chi connectivity index (χ2n) is 2.24. The predicted octanol–water partition coefficient (Wildman–Crippen LogP) is 0.937. The topological polar surface area (TPSA) is 49.4 Å². The Balaban J connectivity index is 2.75. The first kappa shape index (κ1) is 8.59. The van der Waals surface area contributed by atoms with Gasteiger partial charge in [-0.15, -0.1) is 5.75 Å². The molecule has 64 valence electrons. The summed E-state index contributed by atoms with van der Waals surface area (Å²) in [6.45, 7) is 2.08. The van der Waals surface area contributed by atoms with Crippen LogP contribution in [0.15, 0.2) is 24.3 Å². The van der Waals surface area contributed by atoms with Gasteiger partial charge in [0.15, 0.2) is 0 Å². The lowest BCUT2D eigenvalue weighted by molar-refractivity contribution is -0.268. The van der Waals surface area contributed by atoms with E-state index in [-0.39, 0.29) is 5.75 Å². The molecule has 0 saturated heterocycles. The maximum atomic E-state index is 11.0. The molecule has 0 aliphatic carbocycles. The minimum absolute atomic E-state index is 0.108. The molecule has 0 heterocycles. The molecule has 0 aliphatic heterocycles. The molecular weight excluding hydrogens is 156 g/mol. The highest BCUT2D eigenvalue weighted by Crippen LogP contribution is 2.07. The highest BCUT2D eigenvalue weighted by molar-refractivity contribution is 5.89. The van der Waals surface area contributed by atoms with Crippen molar-refractivity contribution in [2.45, 2.75) is 6.92 Å². The molecule has 0 aliphatic rings. The molecule has 0 spiro atoms. The van der Waals surface area contributed by atoms with Crippen LogP contribution in [0.4, 0.5) is 0 Å². The number of hydrogen-bond donors (Lipinski definition) is 0. The zero-order valence-corrected chi connectivity index (χ0v) is 6.74. The fourth-order valence-corrected chi connectivity index (χ4v) is 0.805. The maximum absolute atomic E-state index is 11.0. The summed E-state index contributed by atoms with van der Waals surface area (Å²) in [5.41, 5.74) is 0.413. The monoisotopic (exact) mass is 165 g/mol.